The molecule has 3 rings (SSSR count). The van der Waals surface area contributed by atoms with Gasteiger partial charge in [0.1, 0.15) is 0 Å². The van der Waals surface area contributed by atoms with Crippen molar-refractivity contribution in [1.29, 1.82) is 0 Å². The van der Waals surface area contributed by atoms with Crippen molar-refractivity contribution in [3.63, 3.8) is 0 Å². The lowest BCUT2D eigenvalue weighted by molar-refractivity contribution is 0.425. The zero-order chi connectivity index (χ0) is 14.7. The number of thiazole rings is 1. The van der Waals surface area contributed by atoms with Gasteiger partial charge in [0, 0.05) is 31.2 Å². The monoisotopic (exact) mass is 306 g/mol. The molecule has 0 saturated heterocycles. The maximum absolute atomic E-state index is 4.89. The molecular formula is C16H26N4S. The summed E-state index contributed by atoms with van der Waals surface area (Å²) in [6, 6.07) is 0.660. The van der Waals surface area contributed by atoms with Crippen molar-refractivity contribution in [1.82, 2.24) is 14.7 Å². The molecule has 116 valence electrons. The number of hydrogen-bond donors (Lipinski definition) is 1. The SMILES string of the molecule is CCCNCc1c(N(C)C2CCCCC2)nc2sccn12. The molecule has 0 aliphatic heterocycles. The average Bonchev–Trinajstić information content (AvgIpc) is 3.10. The van der Waals surface area contributed by atoms with Gasteiger partial charge >= 0.3 is 0 Å². The zero-order valence-corrected chi connectivity index (χ0v) is 14.0. The highest BCUT2D eigenvalue weighted by Gasteiger charge is 2.23. The average molecular weight is 306 g/mol. The van der Waals surface area contributed by atoms with Gasteiger partial charge in [-0.15, -0.1) is 11.3 Å². The lowest BCUT2D eigenvalue weighted by Gasteiger charge is -2.32. The third-order valence-electron chi connectivity index (χ3n) is 4.52. The summed E-state index contributed by atoms with van der Waals surface area (Å²) < 4.78 is 2.25. The van der Waals surface area contributed by atoms with Crippen molar-refractivity contribution in [2.24, 2.45) is 0 Å². The standard InChI is InChI=1S/C16H26N4S/c1-3-9-17-12-14-15(18-16-20(14)10-11-21-16)19(2)13-7-5-4-6-8-13/h10-11,13,17H,3-9,12H2,1-2H3. The Balaban J connectivity index is 1.85. The van der Waals surface area contributed by atoms with Crippen LogP contribution < -0.4 is 10.2 Å². The van der Waals surface area contributed by atoms with E-state index in [1.165, 1.54) is 50.0 Å². The van der Waals surface area contributed by atoms with Crippen molar-refractivity contribution in [3.05, 3.63) is 17.3 Å². The molecule has 0 bridgehead atoms. The van der Waals surface area contributed by atoms with Crippen molar-refractivity contribution in [2.45, 2.75) is 58.0 Å². The number of aromatic nitrogens is 2. The van der Waals surface area contributed by atoms with Crippen molar-refractivity contribution in [2.75, 3.05) is 18.5 Å². The molecule has 4 nitrogen and oxygen atoms in total. The summed E-state index contributed by atoms with van der Waals surface area (Å²) in [4.78, 5) is 8.44. The highest BCUT2D eigenvalue weighted by molar-refractivity contribution is 7.15. The van der Waals surface area contributed by atoms with Crippen LogP contribution in [0.1, 0.15) is 51.1 Å². The molecule has 1 aliphatic rings. The van der Waals surface area contributed by atoms with Gasteiger partial charge in [0.25, 0.3) is 0 Å². The second-order valence-electron chi connectivity index (χ2n) is 6.02. The molecule has 2 heterocycles. The number of nitrogens with one attached hydrogen (secondary N) is 1. The van der Waals surface area contributed by atoms with Gasteiger partial charge in [-0.1, -0.05) is 26.2 Å². The smallest absolute Gasteiger partial charge is 0.195 e. The van der Waals surface area contributed by atoms with E-state index >= 15 is 0 Å². The minimum Gasteiger partial charge on any atom is -0.355 e. The molecule has 1 saturated carbocycles. The van der Waals surface area contributed by atoms with Crippen LogP contribution in [0.2, 0.25) is 0 Å². The van der Waals surface area contributed by atoms with Crippen LogP contribution in [0.5, 0.6) is 0 Å². The van der Waals surface area contributed by atoms with Crippen LogP contribution in [-0.4, -0.2) is 29.0 Å². The number of imidazole rings is 1. The summed E-state index contributed by atoms with van der Waals surface area (Å²) in [5, 5.41) is 5.66. The first-order valence-electron chi connectivity index (χ1n) is 8.19. The minimum absolute atomic E-state index is 0.660. The van der Waals surface area contributed by atoms with Crippen LogP contribution in [0.3, 0.4) is 0 Å². The molecule has 1 fully saturated rings. The first kappa shape index (κ1) is 14.9. The molecule has 21 heavy (non-hydrogen) atoms. The van der Waals surface area contributed by atoms with Crippen LogP contribution in [-0.2, 0) is 6.54 Å². The number of anilines is 1. The first-order valence-corrected chi connectivity index (χ1v) is 9.07. The van der Waals surface area contributed by atoms with Gasteiger partial charge in [-0.3, -0.25) is 4.40 Å². The maximum atomic E-state index is 4.89. The Morgan fingerprint density at radius 2 is 2.19 bits per heavy atom. The van der Waals surface area contributed by atoms with Gasteiger partial charge in [0.15, 0.2) is 10.8 Å². The molecule has 2 aromatic heterocycles. The Hall–Kier alpha value is -1.07. The van der Waals surface area contributed by atoms with Gasteiger partial charge in [-0.25, -0.2) is 4.98 Å². The maximum Gasteiger partial charge on any atom is 0.195 e. The van der Waals surface area contributed by atoms with E-state index in [0.29, 0.717) is 6.04 Å². The Morgan fingerprint density at radius 1 is 1.38 bits per heavy atom. The molecule has 0 spiro atoms. The zero-order valence-electron chi connectivity index (χ0n) is 13.1. The van der Waals surface area contributed by atoms with E-state index in [-0.39, 0.29) is 0 Å². The topological polar surface area (TPSA) is 32.6 Å². The normalized spacial score (nSPS) is 16.7. The van der Waals surface area contributed by atoms with Crippen LogP contribution in [0.15, 0.2) is 11.6 Å². The fourth-order valence-corrected chi connectivity index (χ4v) is 4.02. The number of fused-ring (bicyclic) bond motifs is 1. The summed E-state index contributed by atoms with van der Waals surface area (Å²) in [6.07, 6.45) is 10.1. The lowest BCUT2D eigenvalue weighted by atomic mass is 9.94. The minimum atomic E-state index is 0.660. The van der Waals surface area contributed by atoms with Gasteiger partial charge in [-0.05, 0) is 25.8 Å². The van der Waals surface area contributed by atoms with Crippen LogP contribution in [0.25, 0.3) is 4.96 Å². The summed E-state index contributed by atoms with van der Waals surface area (Å²) in [5.74, 6) is 1.18. The second kappa shape index (κ2) is 6.79. The third-order valence-corrected chi connectivity index (χ3v) is 5.27. The Kier molecular flexibility index (Phi) is 4.80. The molecule has 0 unspecified atom stereocenters. The van der Waals surface area contributed by atoms with Crippen LogP contribution in [0, 0.1) is 0 Å². The molecule has 0 amide bonds. The van der Waals surface area contributed by atoms with Gasteiger partial charge in [-0.2, -0.15) is 0 Å². The van der Waals surface area contributed by atoms with E-state index in [1.807, 2.05) is 0 Å². The molecule has 2 aromatic rings. The van der Waals surface area contributed by atoms with Crippen LogP contribution in [0.4, 0.5) is 5.82 Å². The number of nitrogens with zero attached hydrogens (tertiary/aromatic N) is 3. The summed E-state index contributed by atoms with van der Waals surface area (Å²) in [5.41, 5.74) is 1.31. The molecule has 1 aliphatic carbocycles. The molecule has 0 atom stereocenters. The largest absolute Gasteiger partial charge is 0.355 e. The Labute approximate surface area is 131 Å². The predicted molar refractivity (Wildman–Crippen MR) is 90.3 cm³/mol. The first-order chi connectivity index (χ1) is 10.3. The van der Waals surface area contributed by atoms with Crippen molar-refractivity contribution >= 4 is 22.1 Å². The van der Waals surface area contributed by atoms with E-state index < -0.39 is 0 Å². The van der Waals surface area contributed by atoms with E-state index in [2.05, 4.69) is 40.2 Å². The van der Waals surface area contributed by atoms with Crippen LogP contribution >= 0.6 is 11.3 Å². The van der Waals surface area contributed by atoms with Crippen molar-refractivity contribution < 1.29 is 0 Å². The fraction of sp³-hybridized carbons (Fsp3) is 0.688. The van der Waals surface area contributed by atoms with E-state index in [0.717, 1.165) is 18.1 Å². The van der Waals surface area contributed by atoms with Gasteiger partial charge < -0.3 is 10.2 Å². The summed E-state index contributed by atoms with van der Waals surface area (Å²) >= 11 is 1.72. The third kappa shape index (κ3) is 3.09. The second-order valence-corrected chi connectivity index (χ2v) is 6.89. The molecule has 1 N–H and O–H groups in total. The van der Waals surface area contributed by atoms with E-state index in [9.17, 15) is 0 Å². The molecular weight excluding hydrogens is 280 g/mol. The Morgan fingerprint density at radius 3 is 2.95 bits per heavy atom. The van der Waals surface area contributed by atoms with Gasteiger partial charge in [0.05, 0.1) is 5.69 Å². The fourth-order valence-electron chi connectivity index (χ4n) is 3.29. The number of rotatable bonds is 6. The number of hydrogen-bond acceptors (Lipinski definition) is 4. The lowest BCUT2D eigenvalue weighted by Crippen LogP contribution is -2.34. The highest BCUT2D eigenvalue weighted by Crippen LogP contribution is 2.29. The predicted octanol–water partition coefficient (Wildman–Crippen LogP) is 3.66. The van der Waals surface area contributed by atoms with E-state index in [1.54, 1.807) is 11.3 Å². The van der Waals surface area contributed by atoms with Crippen molar-refractivity contribution in [3.8, 4) is 0 Å². The molecule has 0 aromatic carbocycles. The van der Waals surface area contributed by atoms with Gasteiger partial charge in [0.2, 0.25) is 0 Å². The molecule has 5 heteroatoms. The summed E-state index contributed by atoms with van der Waals surface area (Å²) in [6.45, 7) is 4.17. The summed E-state index contributed by atoms with van der Waals surface area (Å²) in [7, 11) is 2.23. The quantitative estimate of drug-likeness (QED) is 0.827. The highest BCUT2D eigenvalue weighted by atomic mass is 32.1. The van der Waals surface area contributed by atoms with E-state index in [4.69, 9.17) is 4.98 Å². The Bertz CT molecular complexity index is 568. The molecule has 0 radical (unpaired) electrons.